The number of carbonyl (C=O) groups is 2. The predicted molar refractivity (Wildman–Crippen MR) is 101 cm³/mol. The van der Waals surface area contributed by atoms with Crippen molar-refractivity contribution in [2.24, 2.45) is 0 Å². The van der Waals surface area contributed by atoms with Crippen LogP contribution in [0.15, 0.2) is 48.7 Å². The summed E-state index contributed by atoms with van der Waals surface area (Å²) in [6, 6.07) is 13.2. The zero-order valence-corrected chi connectivity index (χ0v) is 15.2. The summed E-state index contributed by atoms with van der Waals surface area (Å²) in [7, 11) is 0. The Hall–Kier alpha value is -2.73. The Balaban J connectivity index is 1.39. The van der Waals surface area contributed by atoms with Gasteiger partial charge >= 0.3 is 0 Å². The first-order valence-electron chi connectivity index (χ1n) is 9.39. The van der Waals surface area contributed by atoms with Crippen LogP contribution >= 0.6 is 0 Å². The fraction of sp³-hybridized carbons (Fsp3) is 0.381. The highest BCUT2D eigenvalue weighted by atomic mass is 16.5. The van der Waals surface area contributed by atoms with Crippen LogP contribution in [0.5, 0.6) is 0 Å². The average Bonchev–Trinajstić information content (AvgIpc) is 3.29. The van der Waals surface area contributed by atoms with Gasteiger partial charge in [0.25, 0.3) is 11.8 Å². The summed E-state index contributed by atoms with van der Waals surface area (Å²) >= 11 is 0. The van der Waals surface area contributed by atoms with E-state index in [0.29, 0.717) is 43.4 Å². The summed E-state index contributed by atoms with van der Waals surface area (Å²) in [4.78, 5) is 33.1. The van der Waals surface area contributed by atoms with Crippen LogP contribution in [0.25, 0.3) is 0 Å². The van der Waals surface area contributed by atoms with Gasteiger partial charge in [0.2, 0.25) is 0 Å². The third-order valence-electron chi connectivity index (χ3n) is 5.27. The van der Waals surface area contributed by atoms with Crippen LogP contribution in [-0.4, -0.2) is 66.0 Å². The van der Waals surface area contributed by atoms with Crippen LogP contribution in [0.1, 0.15) is 38.7 Å². The van der Waals surface area contributed by atoms with Gasteiger partial charge in [0.05, 0.1) is 6.61 Å². The number of hydrogen-bond acceptors (Lipinski definition) is 4. The van der Waals surface area contributed by atoms with Crippen molar-refractivity contribution in [1.29, 1.82) is 0 Å². The van der Waals surface area contributed by atoms with Gasteiger partial charge in [-0.05, 0) is 36.2 Å². The molecule has 0 N–H and O–H groups in total. The molecule has 0 saturated carbocycles. The van der Waals surface area contributed by atoms with Crippen LogP contribution in [-0.2, 0) is 4.74 Å². The highest BCUT2D eigenvalue weighted by Crippen LogP contribution is 2.26. The summed E-state index contributed by atoms with van der Waals surface area (Å²) in [5.74, 6) is 0.331. The monoisotopic (exact) mass is 365 g/mol. The number of ether oxygens (including phenoxy) is 1. The minimum Gasteiger partial charge on any atom is -0.381 e. The van der Waals surface area contributed by atoms with Crippen molar-refractivity contribution in [3.63, 3.8) is 0 Å². The minimum atomic E-state index is -0.0778. The first-order valence-corrected chi connectivity index (χ1v) is 9.39. The Kier molecular flexibility index (Phi) is 5.16. The summed E-state index contributed by atoms with van der Waals surface area (Å²) in [5, 5.41) is 0. The number of pyridine rings is 1. The molecular formula is C21H23N3O3. The summed E-state index contributed by atoms with van der Waals surface area (Å²) in [6.45, 7) is 3.64. The van der Waals surface area contributed by atoms with E-state index in [1.807, 2.05) is 29.2 Å². The SMILES string of the molecule is O=C(c1cccc(C2CCOC2)c1)N1CCN(C(=O)c2ccccn2)CC1. The van der Waals surface area contributed by atoms with E-state index in [-0.39, 0.29) is 11.8 Å². The Bertz CT molecular complexity index is 810. The number of aromatic nitrogens is 1. The van der Waals surface area contributed by atoms with Gasteiger partial charge in [-0.3, -0.25) is 14.6 Å². The third-order valence-corrected chi connectivity index (χ3v) is 5.27. The van der Waals surface area contributed by atoms with Gasteiger partial charge in [0.1, 0.15) is 5.69 Å². The zero-order valence-electron chi connectivity index (χ0n) is 15.2. The summed E-state index contributed by atoms with van der Waals surface area (Å²) in [5.41, 5.74) is 2.33. The van der Waals surface area contributed by atoms with E-state index in [0.717, 1.165) is 19.6 Å². The van der Waals surface area contributed by atoms with E-state index in [9.17, 15) is 9.59 Å². The van der Waals surface area contributed by atoms with Crippen molar-refractivity contribution in [2.45, 2.75) is 12.3 Å². The molecule has 3 heterocycles. The van der Waals surface area contributed by atoms with Crippen LogP contribution in [0.2, 0.25) is 0 Å². The highest BCUT2D eigenvalue weighted by Gasteiger charge is 2.26. The molecule has 2 aromatic rings. The molecular weight excluding hydrogens is 342 g/mol. The fourth-order valence-corrected chi connectivity index (χ4v) is 3.67. The maximum atomic E-state index is 12.9. The van der Waals surface area contributed by atoms with Gasteiger partial charge in [-0.25, -0.2) is 0 Å². The Labute approximate surface area is 158 Å². The molecule has 6 heteroatoms. The zero-order chi connectivity index (χ0) is 18.6. The van der Waals surface area contributed by atoms with Crippen LogP contribution in [0.4, 0.5) is 0 Å². The van der Waals surface area contributed by atoms with Gasteiger partial charge in [-0.15, -0.1) is 0 Å². The number of piperazine rings is 1. The number of amides is 2. The number of rotatable bonds is 3. The molecule has 0 spiro atoms. The van der Waals surface area contributed by atoms with E-state index in [1.54, 1.807) is 23.2 Å². The Morgan fingerprint density at radius 3 is 2.41 bits per heavy atom. The standard InChI is InChI=1S/C21H23N3O3/c25-20(17-5-3-4-16(14-17)18-7-13-27-15-18)23-9-11-24(12-10-23)21(26)19-6-1-2-8-22-19/h1-6,8,14,18H,7,9-13,15H2. The molecule has 1 aromatic heterocycles. The molecule has 2 aliphatic heterocycles. The maximum absolute atomic E-state index is 12.9. The van der Waals surface area contributed by atoms with E-state index >= 15 is 0 Å². The van der Waals surface area contributed by atoms with Crippen molar-refractivity contribution in [1.82, 2.24) is 14.8 Å². The van der Waals surface area contributed by atoms with E-state index < -0.39 is 0 Å². The molecule has 2 amide bonds. The average molecular weight is 365 g/mol. The highest BCUT2D eigenvalue weighted by molar-refractivity contribution is 5.95. The molecule has 4 rings (SSSR count). The van der Waals surface area contributed by atoms with Crippen LogP contribution in [0.3, 0.4) is 0 Å². The lowest BCUT2D eigenvalue weighted by Gasteiger charge is -2.34. The molecule has 27 heavy (non-hydrogen) atoms. The lowest BCUT2D eigenvalue weighted by molar-refractivity contribution is 0.0532. The summed E-state index contributed by atoms with van der Waals surface area (Å²) < 4.78 is 5.46. The van der Waals surface area contributed by atoms with Gasteiger partial charge in [-0.2, -0.15) is 0 Å². The van der Waals surface area contributed by atoms with E-state index in [1.165, 1.54) is 5.56 Å². The Morgan fingerprint density at radius 2 is 1.74 bits per heavy atom. The number of hydrogen-bond donors (Lipinski definition) is 0. The van der Waals surface area contributed by atoms with E-state index in [4.69, 9.17) is 4.74 Å². The lowest BCUT2D eigenvalue weighted by atomic mass is 9.96. The van der Waals surface area contributed by atoms with Gasteiger partial charge in [0.15, 0.2) is 0 Å². The molecule has 1 aromatic carbocycles. The minimum absolute atomic E-state index is 0.0284. The topological polar surface area (TPSA) is 62.7 Å². The number of carbonyl (C=O) groups excluding carboxylic acids is 2. The molecule has 2 fully saturated rings. The maximum Gasteiger partial charge on any atom is 0.272 e. The van der Waals surface area contributed by atoms with E-state index in [2.05, 4.69) is 11.1 Å². The predicted octanol–water partition coefficient (Wildman–Crippen LogP) is 2.18. The second-order valence-electron chi connectivity index (χ2n) is 6.99. The molecule has 6 nitrogen and oxygen atoms in total. The molecule has 0 radical (unpaired) electrons. The second-order valence-corrected chi connectivity index (χ2v) is 6.99. The molecule has 0 aliphatic carbocycles. The lowest BCUT2D eigenvalue weighted by Crippen LogP contribution is -2.50. The summed E-state index contributed by atoms with van der Waals surface area (Å²) in [6.07, 6.45) is 2.63. The third kappa shape index (κ3) is 3.85. The fourth-order valence-electron chi connectivity index (χ4n) is 3.67. The van der Waals surface area contributed by atoms with Gasteiger partial charge in [-0.1, -0.05) is 18.2 Å². The smallest absolute Gasteiger partial charge is 0.272 e. The first kappa shape index (κ1) is 17.7. The largest absolute Gasteiger partial charge is 0.381 e. The van der Waals surface area contributed by atoms with Gasteiger partial charge < -0.3 is 14.5 Å². The molecule has 2 aliphatic rings. The molecule has 1 atom stereocenters. The van der Waals surface area contributed by atoms with Crippen molar-refractivity contribution in [3.05, 3.63) is 65.5 Å². The van der Waals surface area contributed by atoms with Crippen molar-refractivity contribution < 1.29 is 14.3 Å². The van der Waals surface area contributed by atoms with Crippen LogP contribution < -0.4 is 0 Å². The molecule has 140 valence electrons. The normalized spacial score (nSPS) is 19.9. The Morgan fingerprint density at radius 1 is 0.963 bits per heavy atom. The van der Waals surface area contributed by atoms with Crippen molar-refractivity contribution in [2.75, 3.05) is 39.4 Å². The molecule has 2 saturated heterocycles. The molecule has 0 bridgehead atoms. The number of nitrogens with zero attached hydrogens (tertiary/aromatic N) is 3. The molecule has 1 unspecified atom stereocenters. The van der Waals surface area contributed by atoms with Crippen LogP contribution in [0, 0.1) is 0 Å². The van der Waals surface area contributed by atoms with Crippen molar-refractivity contribution in [3.8, 4) is 0 Å². The number of benzene rings is 1. The second kappa shape index (κ2) is 7.88. The quantitative estimate of drug-likeness (QED) is 0.836. The first-order chi connectivity index (χ1) is 13.2. The van der Waals surface area contributed by atoms with Crippen molar-refractivity contribution >= 4 is 11.8 Å². The van der Waals surface area contributed by atoms with Gasteiger partial charge in [0, 0.05) is 50.5 Å².